The van der Waals surface area contributed by atoms with E-state index in [2.05, 4.69) is 55.4 Å². The highest BCUT2D eigenvalue weighted by molar-refractivity contribution is 5.33. The summed E-state index contributed by atoms with van der Waals surface area (Å²) in [6, 6.07) is 5.36. The molecule has 1 aromatic rings. The van der Waals surface area contributed by atoms with Crippen LogP contribution in [0.1, 0.15) is 99.5 Å². The fourth-order valence-electron chi connectivity index (χ4n) is 3.45. The SMILES string of the molecule is CCCC(C)(CC)OCCC(CC)(CC)Oc1ccc(C(C)(C)C)cc1F. The van der Waals surface area contributed by atoms with Gasteiger partial charge in [-0.3, -0.25) is 0 Å². The van der Waals surface area contributed by atoms with Crippen molar-refractivity contribution in [2.75, 3.05) is 6.61 Å². The Kier molecular flexibility index (Phi) is 8.79. The van der Waals surface area contributed by atoms with E-state index in [1.54, 1.807) is 12.1 Å². The predicted octanol–water partition coefficient (Wildman–Crippen LogP) is 7.44. The normalized spacial score (nSPS) is 14.9. The van der Waals surface area contributed by atoms with Crippen molar-refractivity contribution in [1.29, 1.82) is 0 Å². The number of halogens is 1. The summed E-state index contributed by atoms with van der Waals surface area (Å²) in [6.07, 6.45) is 5.57. The van der Waals surface area contributed by atoms with E-state index in [1.807, 2.05) is 6.07 Å². The van der Waals surface area contributed by atoms with Gasteiger partial charge in [-0.1, -0.05) is 61.0 Å². The second-order valence-electron chi connectivity index (χ2n) is 9.04. The monoisotopic (exact) mass is 380 g/mol. The van der Waals surface area contributed by atoms with Crippen molar-refractivity contribution in [3.05, 3.63) is 29.6 Å². The van der Waals surface area contributed by atoms with Gasteiger partial charge in [-0.05, 0) is 55.7 Å². The molecule has 0 spiro atoms. The second-order valence-corrected chi connectivity index (χ2v) is 9.04. The molecule has 0 saturated carbocycles. The highest BCUT2D eigenvalue weighted by Crippen LogP contribution is 2.33. The zero-order valence-electron chi connectivity index (χ0n) is 18.9. The minimum absolute atomic E-state index is 0.0797. The molecular formula is C24H41FO2. The number of rotatable bonds is 11. The van der Waals surface area contributed by atoms with Gasteiger partial charge in [0.15, 0.2) is 11.6 Å². The highest BCUT2D eigenvalue weighted by atomic mass is 19.1. The second kappa shape index (κ2) is 9.91. The van der Waals surface area contributed by atoms with Crippen molar-refractivity contribution in [1.82, 2.24) is 0 Å². The van der Waals surface area contributed by atoms with Crippen molar-refractivity contribution in [2.45, 2.75) is 111 Å². The van der Waals surface area contributed by atoms with Gasteiger partial charge in [0.1, 0.15) is 5.60 Å². The van der Waals surface area contributed by atoms with Crippen LogP contribution in [-0.4, -0.2) is 17.8 Å². The van der Waals surface area contributed by atoms with E-state index in [1.165, 1.54) is 0 Å². The van der Waals surface area contributed by atoms with Gasteiger partial charge >= 0.3 is 0 Å². The molecule has 2 nitrogen and oxygen atoms in total. The summed E-state index contributed by atoms with van der Waals surface area (Å²) in [7, 11) is 0. The van der Waals surface area contributed by atoms with Gasteiger partial charge in [0, 0.05) is 6.42 Å². The molecule has 0 bridgehead atoms. The Bertz CT molecular complexity index is 572. The summed E-state index contributed by atoms with van der Waals surface area (Å²) in [4.78, 5) is 0. The van der Waals surface area contributed by atoms with Crippen LogP contribution in [0, 0.1) is 5.82 Å². The summed E-state index contributed by atoms with van der Waals surface area (Å²) in [5.74, 6) is 0.0671. The maximum atomic E-state index is 14.7. The fourth-order valence-corrected chi connectivity index (χ4v) is 3.45. The Hall–Kier alpha value is -1.09. The summed E-state index contributed by atoms with van der Waals surface area (Å²) >= 11 is 0. The van der Waals surface area contributed by atoms with Crippen molar-refractivity contribution >= 4 is 0 Å². The Labute approximate surface area is 166 Å². The average molecular weight is 381 g/mol. The molecule has 3 heteroatoms. The molecule has 0 radical (unpaired) electrons. The van der Waals surface area contributed by atoms with Crippen LogP contribution < -0.4 is 4.74 Å². The Morgan fingerprint density at radius 2 is 1.52 bits per heavy atom. The standard InChI is InChI=1S/C24H41FO2/c1-9-15-23(8,10-2)26-17-16-24(11-3,12-4)27-21-14-13-19(18-20(21)25)22(5,6)7/h13-14,18H,9-12,15-17H2,1-8H3. The minimum atomic E-state index is -0.398. The quantitative estimate of drug-likeness (QED) is 0.397. The first kappa shape index (κ1) is 23.9. The van der Waals surface area contributed by atoms with Gasteiger partial charge in [0.25, 0.3) is 0 Å². The Morgan fingerprint density at radius 1 is 0.889 bits per heavy atom. The van der Waals surface area contributed by atoms with E-state index < -0.39 is 5.60 Å². The van der Waals surface area contributed by atoms with Gasteiger partial charge in [-0.15, -0.1) is 0 Å². The molecule has 0 heterocycles. The van der Waals surface area contributed by atoms with Crippen LogP contribution in [0.2, 0.25) is 0 Å². The average Bonchev–Trinajstić information content (AvgIpc) is 2.61. The molecule has 1 atom stereocenters. The summed E-state index contributed by atoms with van der Waals surface area (Å²) in [5.41, 5.74) is 0.420. The first-order valence-electron chi connectivity index (χ1n) is 10.7. The smallest absolute Gasteiger partial charge is 0.165 e. The molecule has 27 heavy (non-hydrogen) atoms. The van der Waals surface area contributed by atoms with Crippen molar-refractivity contribution in [3.8, 4) is 5.75 Å². The molecule has 0 amide bonds. The zero-order valence-corrected chi connectivity index (χ0v) is 18.9. The maximum absolute atomic E-state index is 14.7. The van der Waals surface area contributed by atoms with Crippen LogP contribution in [0.4, 0.5) is 4.39 Å². The molecule has 156 valence electrons. The lowest BCUT2D eigenvalue weighted by molar-refractivity contribution is -0.0669. The molecule has 0 fully saturated rings. The first-order chi connectivity index (χ1) is 12.5. The Balaban J connectivity index is 2.88. The van der Waals surface area contributed by atoms with E-state index in [-0.39, 0.29) is 16.8 Å². The van der Waals surface area contributed by atoms with E-state index in [9.17, 15) is 4.39 Å². The highest BCUT2D eigenvalue weighted by Gasteiger charge is 2.31. The van der Waals surface area contributed by atoms with Gasteiger partial charge in [-0.2, -0.15) is 0 Å². The van der Waals surface area contributed by atoms with Gasteiger partial charge in [-0.25, -0.2) is 4.39 Å². The third-order valence-electron chi connectivity index (χ3n) is 5.95. The van der Waals surface area contributed by atoms with Crippen LogP contribution in [0.5, 0.6) is 5.75 Å². The number of benzene rings is 1. The van der Waals surface area contributed by atoms with Crippen LogP contribution in [-0.2, 0) is 10.2 Å². The molecule has 1 rings (SSSR count). The van der Waals surface area contributed by atoms with Crippen LogP contribution in [0.15, 0.2) is 18.2 Å². The molecule has 0 aromatic heterocycles. The van der Waals surface area contributed by atoms with E-state index >= 15 is 0 Å². The lowest BCUT2D eigenvalue weighted by atomic mass is 9.87. The predicted molar refractivity (Wildman–Crippen MR) is 113 cm³/mol. The van der Waals surface area contributed by atoms with Gasteiger partial charge in [0.2, 0.25) is 0 Å². The topological polar surface area (TPSA) is 18.5 Å². The molecule has 0 aliphatic heterocycles. The minimum Gasteiger partial charge on any atom is -0.484 e. The van der Waals surface area contributed by atoms with Crippen molar-refractivity contribution in [3.63, 3.8) is 0 Å². The summed E-state index contributed by atoms with van der Waals surface area (Å²) < 4.78 is 27.2. The molecule has 0 aliphatic carbocycles. The zero-order chi connectivity index (χ0) is 20.7. The van der Waals surface area contributed by atoms with Crippen LogP contribution >= 0.6 is 0 Å². The molecule has 0 saturated heterocycles. The number of ether oxygens (including phenoxy) is 2. The summed E-state index contributed by atoms with van der Waals surface area (Å²) in [6.45, 7) is 17.6. The fraction of sp³-hybridized carbons (Fsp3) is 0.750. The molecule has 1 aromatic carbocycles. The number of hydrogen-bond acceptors (Lipinski definition) is 2. The van der Waals surface area contributed by atoms with Crippen LogP contribution in [0.25, 0.3) is 0 Å². The maximum Gasteiger partial charge on any atom is 0.165 e. The van der Waals surface area contributed by atoms with E-state index in [0.717, 1.165) is 44.1 Å². The molecule has 0 aliphatic rings. The first-order valence-corrected chi connectivity index (χ1v) is 10.7. The van der Waals surface area contributed by atoms with Crippen molar-refractivity contribution in [2.24, 2.45) is 0 Å². The van der Waals surface area contributed by atoms with Gasteiger partial charge in [0.05, 0.1) is 12.2 Å². The van der Waals surface area contributed by atoms with Crippen LogP contribution in [0.3, 0.4) is 0 Å². The van der Waals surface area contributed by atoms with Crippen molar-refractivity contribution < 1.29 is 13.9 Å². The largest absolute Gasteiger partial charge is 0.484 e. The lowest BCUT2D eigenvalue weighted by Gasteiger charge is -2.35. The van der Waals surface area contributed by atoms with E-state index in [0.29, 0.717) is 12.4 Å². The summed E-state index contributed by atoms with van der Waals surface area (Å²) in [5, 5.41) is 0. The van der Waals surface area contributed by atoms with Gasteiger partial charge < -0.3 is 9.47 Å². The Morgan fingerprint density at radius 3 is 1.96 bits per heavy atom. The molecule has 0 N–H and O–H groups in total. The third kappa shape index (κ3) is 6.78. The third-order valence-corrected chi connectivity index (χ3v) is 5.95. The number of hydrogen-bond donors (Lipinski definition) is 0. The lowest BCUT2D eigenvalue weighted by Crippen LogP contribution is -2.38. The molecule has 1 unspecified atom stereocenters. The molecular weight excluding hydrogens is 339 g/mol. The van der Waals surface area contributed by atoms with E-state index in [4.69, 9.17) is 9.47 Å².